The lowest BCUT2D eigenvalue weighted by atomic mass is 10.3. The van der Waals surface area contributed by atoms with Crippen molar-refractivity contribution >= 4 is 17.6 Å². The molecule has 2 rings (SSSR count). The van der Waals surface area contributed by atoms with Crippen LogP contribution in [-0.2, 0) is 5.75 Å². The van der Waals surface area contributed by atoms with Crippen molar-refractivity contribution in [3.8, 4) is 0 Å². The molecule has 2 aromatic rings. The Morgan fingerprint density at radius 3 is 2.62 bits per heavy atom. The van der Waals surface area contributed by atoms with Gasteiger partial charge in [0, 0.05) is 24.3 Å². The molecule has 0 bridgehead atoms. The van der Waals surface area contributed by atoms with Gasteiger partial charge >= 0.3 is 0 Å². The molecule has 0 amide bonds. The minimum absolute atomic E-state index is 0.657. The molecule has 2 heterocycles. The lowest BCUT2D eigenvalue weighted by Gasteiger charge is -2.01. The van der Waals surface area contributed by atoms with E-state index in [0.717, 1.165) is 16.5 Å². The molecule has 82 valence electrons. The van der Waals surface area contributed by atoms with E-state index in [1.165, 1.54) is 0 Å². The van der Waals surface area contributed by atoms with Crippen molar-refractivity contribution in [3.05, 3.63) is 42.4 Å². The van der Waals surface area contributed by atoms with Crippen LogP contribution in [0, 0.1) is 0 Å². The largest absolute Gasteiger partial charge is 0.308 e. The van der Waals surface area contributed by atoms with E-state index in [4.69, 9.17) is 5.84 Å². The van der Waals surface area contributed by atoms with Gasteiger partial charge in [0.15, 0.2) is 5.16 Å². The number of rotatable bonds is 4. The average Bonchev–Trinajstić information content (AvgIpc) is 2.38. The topological polar surface area (TPSA) is 76.7 Å². The van der Waals surface area contributed by atoms with Gasteiger partial charge in [-0.25, -0.2) is 20.8 Å². The molecule has 5 nitrogen and oxygen atoms in total. The zero-order chi connectivity index (χ0) is 11.2. The van der Waals surface area contributed by atoms with Crippen molar-refractivity contribution < 1.29 is 0 Å². The molecule has 6 heteroatoms. The van der Waals surface area contributed by atoms with E-state index in [9.17, 15) is 0 Å². The van der Waals surface area contributed by atoms with E-state index in [-0.39, 0.29) is 0 Å². The lowest BCUT2D eigenvalue weighted by Crippen LogP contribution is -2.08. The highest BCUT2D eigenvalue weighted by molar-refractivity contribution is 7.98. The Balaban J connectivity index is 1.94. The Hall–Kier alpha value is -1.66. The number of aromatic nitrogens is 3. The standard InChI is InChI=1S/C10H11N5S/c11-15-9-3-2-8(6-14-9)7-16-10-12-4-1-5-13-10/h1-6H,7,11H2,(H,14,15). The van der Waals surface area contributed by atoms with Crippen molar-refractivity contribution in [1.82, 2.24) is 15.0 Å². The number of thioether (sulfide) groups is 1. The van der Waals surface area contributed by atoms with Crippen LogP contribution >= 0.6 is 11.8 Å². The van der Waals surface area contributed by atoms with Crippen LogP contribution in [0.25, 0.3) is 0 Å². The second kappa shape index (κ2) is 5.43. The van der Waals surface area contributed by atoms with Crippen LogP contribution in [0.2, 0.25) is 0 Å². The molecule has 0 radical (unpaired) electrons. The molecular weight excluding hydrogens is 222 g/mol. The summed E-state index contributed by atoms with van der Waals surface area (Å²) in [5.74, 6) is 6.68. The highest BCUT2D eigenvalue weighted by Crippen LogP contribution is 2.18. The summed E-state index contributed by atoms with van der Waals surface area (Å²) in [7, 11) is 0. The summed E-state index contributed by atoms with van der Waals surface area (Å²) in [6, 6.07) is 5.60. The van der Waals surface area contributed by atoms with E-state index in [1.54, 1.807) is 36.4 Å². The monoisotopic (exact) mass is 233 g/mol. The van der Waals surface area contributed by atoms with Gasteiger partial charge in [0.05, 0.1) is 0 Å². The number of nitrogens with one attached hydrogen (secondary N) is 1. The van der Waals surface area contributed by atoms with Gasteiger partial charge in [0.25, 0.3) is 0 Å². The summed E-state index contributed by atoms with van der Waals surface area (Å²) in [4.78, 5) is 12.4. The Bertz CT molecular complexity index is 431. The average molecular weight is 233 g/mol. The minimum atomic E-state index is 0.657. The van der Waals surface area contributed by atoms with Crippen molar-refractivity contribution in [2.75, 3.05) is 5.43 Å². The van der Waals surface area contributed by atoms with Crippen molar-refractivity contribution in [2.24, 2.45) is 5.84 Å². The number of hydrogen-bond acceptors (Lipinski definition) is 6. The zero-order valence-corrected chi connectivity index (χ0v) is 9.31. The zero-order valence-electron chi connectivity index (χ0n) is 8.50. The molecule has 0 saturated carbocycles. The van der Waals surface area contributed by atoms with E-state index in [0.29, 0.717) is 5.82 Å². The number of pyridine rings is 1. The number of hydrazine groups is 1. The van der Waals surface area contributed by atoms with Gasteiger partial charge in [-0.3, -0.25) is 0 Å². The van der Waals surface area contributed by atoms with Crippen LogP contribution in [0.5, 0.6) is 0 Å². The third kappa shape index (κ3) is 2.91. The van der Waals surface area contributed by atoms with E-state index in [2.05, 4.69) is 20.4 Å². The second-order valence-electron chi connectivity index (χ2n) is 3.02. The third-order valence-electron chi connectivity index (χ3n) is 1.88. The molecule has 0 aliphatic heterocycles. The van der Waals surface area contributed by atoms with Crippen LogP contribution < -0.4 is 11.3 Å². The van der Waals surface area contributed by atoms with Crippen molar-refractivity contribution in [1.29, 1.82) is 0 Å². The summed E-state index contributed by atoms with van der Waals surface area (Å²) < 4.78 is 0. The van der Waals surface area contributed by atoms with Gasteiger partial charge in [-0.2, -0.15) is 0 Å². The van der Waals surface area contributed by atoms with Crippen LogP contribution in [0.4, 0.5) is 5.82 Å². The first-order valence-corrected chi connectivity index (χ1v) is 5.68. The molecule has 0 unspecified atom stereocenters. The van der Waals surface area contributed by atoms with E-state index < -0.39 is 0 Å². The summed E-state index contributed by atoms with van der Waals surface area (Å²) >= 11 is 1.57. The Labute approximate surface area is 97.5 Å². The molecule has 0 atom stereocenters. The van der Waals surface area contributed by atoms with E-state index in [1.807, 2.05) is 12.1 Å². The normalized spacial score (nSPS) is 10.1. The van der Waals surface area contributed by atoms with Gasteiger partial charge < -0.3 is 5.43 Å². The first-order valence-electron chi connectivity index (χ1n) is 4.70. The van der Waals surface area contributed by atoms with Gasteiger partial charge in [0.2, 0.25) is 0 Å². The molecule has 0 spiro atoms. The fourth-order valence-electron chi connectivity index (χ4n) is 1.10. The third-order valence-corrected chi connectivity index (χ3v) is 2.83. The Morgan fingerprint density at radius 1 is 1.19 bits per heavy atom. The predicted molar refractivity (Wildman–Crippen MR) is 63.6 cm³/mol. The highest BCUT2D eigenvalue weighted by Gasteiger charge is 1.98. The molecule has 0 aromatic carbocycles. The highest BCUT2D eigenvalue weighted by atomic mass is 32.2. The number of nitrogens with two attached hydrogens (primary N) is 1. The van der Waals surface area contributed by atoms with Crippen molar-refractivity contribution in [3.63, 3.8) is 0 Å². The number of nitrogen functional groups attached to an aromatic ring is 1. The summed E-state index contributed by atoms with van der Waals surface area (Å²) in [5, 5.41) is 0.767. The smallest absolute Gasteiger partial charge is 0.187 e. The van der Waals surface area contributed by atoms with Crippen molar-refractivity contribution in [2.45, 2.75) is 10.9 Å². The first-order chi connectivity index (χ1) is 7.88. The van der Waals surface area contributed by atoms with Gasteiger partial charge in [0.1, 0.15) is 5.82 Å². The maximum absolute atomic E-state index is 5.23. The summed E-state index contributed by atoms with van der Waals surface area (Å²) in [5.41, 5.74) is 3.59. The molecular formula is C10H11N5S. The molecule has 0 aliphatic rings. The Kier molecular flexibility index (Phi) is 3.68. The van der Waals surface area contributed by atoms with Crippen LogP contribution in [-0.4, -0.2) is 15.0 Å². The second-order valence-corrected chi connectivity index (χ2v) is 3.96. The molecule has 3 N–H and O–H groups in total. The summed E-state index contributed by atoms with van der Waals surface area (Å²) in [6.45, 7) is 0. The number of hydrogen-bond donors (Lipinski definition) is 2. The van der Waals surface area contributed by atoms with E-state index >= 15 is 0 Å². The fourth-order valence-corrected chi connectivity index (χ4v) is 1.84. The molecule has 0 aliphatic carbocycles. The van der Waals surface area contributed by atoms with Crippen LogP contribution in [0.15, 0.2) is 41.9 Å². The quantitative estimate of drug-likeness (QED) is 0.360. The number of nitrogens with zero attached hydrogens (tertiary/aromatic N) is 3. The van der Waals surface area contributed by atoms with Crippen LogP contribution in [0.3, 0.4) is 0 Å². The lowest BCUT2D eigenvalue weighted by molar-refractivity contribution is 0.966. The van der Waals surface area contributed by atoms with Gasteiger partial charge in [-0.15, -0.1) is 0 Å². The molecule has 16 heavy (non-hydrogen) atoms. The molecule has 0 fully saturated rings. The van der Waals surface area contributed by atoms with Gasteiger partial charge in [-0.05, 0) is 17.7 Å². The molecule has 0 saturated heterocycles. The van der Waals surface area contributed by atoms with Crippen LogP contribution in [0.1, 0.15) is 5.56 Å². The van der Waals surface area contributed by atoms with Gasteiger partial charge in [-0.1, -0.05) is 17.8 Å². The Morgan fingerprint density at radius 2 is 2.00 bits per heavy atom. The minimum Gasteiger partial charge on any atom is -0.308 e. The first kappa shape index (κ1) is 10.8. The maximum Gasteiger partial charge on any atom is 0.187 e. The SMILES string of the molecule is NNc1ccc(CSc2ncccn2)cn1. The predicted octanol–water partition coefficient (Wildman–Crippen LogP) is 1.45. The molecule has 2 aromatic heterocycles. The summed E-state index contributed by atoms with van der Waals surface area (Å²) in [6.07, 6.45) is 5.25. The number of anilines is 1. The maximum atomic E-state index is 5.23. The fraction of sp³-hybridized carbons (Fsp3) is 0.100.